The minimum absolute atomic E-state index is 0.123. The van der Waals surface area contributed by atoms with Crippen LogP contribution in [0.4, 0.5) is 0 Å². The number of hydrogen-bond acceptors (Lipinski definition) is 2. The zero-order valence-corrected chi connectivity index (χ0v) is 13.4. The number of rotatable bonds is 5. The van der Waals surface area contributed by atoms with Gasteiger partial charge >= 0.3 is 0 Å². The molecule has 0 radical (unpaired) electrons. The largest absolute Gasteiger partial charge is 0.393 e. The lowest BCUT2D eigenvalue weighted by Gasteiger charge is -2.29. The highest BCUT2D eigenvalue weighted by atomic mass is 35.5. The Labute approximate surface area is 126 Å². The van der Waals surface area contributed by atoms with Gasteiger partial charge in [-0.25, -0.2) is 0 Å². The van der Waals surface area contributed by atoms with Gasteiger partial charge in [0.05, 0.1) is 17.2 Å². The second-order valence-corrected chi connectivity index (χ2v) is 6.11. The Bertz CT molecular complexity index is 513. The molecule has 0 aliphatic carbocycles. The molecule has 3 heteroatoms. The van der Waals surface area contributed by atoms with Gasteiger partial charge in [-0.3, -0.25) is 0 Å². The lowest BCUT2D eigenvalue weighted by atomic mass is 9.95. The van der Waals surface area contributed by atoms with Crippen LogP contribution in [-0.4, -0.2) is 17.3 Å². The lowest BCUT2D eigenvalue weighted by Crippen LogP contribution is -2.25. The van der Waals surface area contributed by atoms with E-state index < -0.39 is 6.10 Å². The molecule has 0 amide bonds. The van der Waals surface area contributed by atoms with Crippen molar-refractivity contribution in [1.29, 1.82) is 0 Å². The molecular weight excluding hydrogens is 272 g/mol. The molecule has 0 bridgehead atoms. The number of ether oxygens (including phenoxy) is 1. The number of benzene rings is 1. The average molecular weight is 295 g/mol. The summed E-state index contributed by atoms with van der Waals surface area (Å²) < 4.78 is 5.91. The van der Waals surface area contributed by atoms with Gasteiger partial charge in [-0.15, -0.1) is 0 Å². The topological polar surface area (TPSA) is 29.5 Å². The van der Waals surface area contributed by atoms with Crippen molar-refractivity contribution in [3.8, 4) is 0 Å². The third-order valence-electron chi connectivity index (χ3n) is 2.99. The van der Waals surface area contributed by atoms with Gasteiger partial charge in [0.15, 0.2) is 0 Å². The quantitative estimate of drug-likeness (QED) is 0.846. The van der Waals surface area contributed by atoms with E-state index >= 15 is 0 Å². The van der Waals surface area contributed by atoms with Crippen LogP contribution in [0.2, 0.25) is 5.02 Å². The van der Waals surface area contributed by atoms with Gasteiger partial charge in [-0.1, -0.05) is 43.0 Å². The summed E-state index contributed by atoms with van der Waals surface area (Å²) in [6.45, 7) is 15.3. The predicted octanol–water partition coefficient (Wildman–Crippen LogP) is 4.78. The van der Waals surface area contributed by atoms with Gasteiger partial charge in [0, 0.05) is 11.1 Å². The molecule has 0 aromatic heterocycles. The van der Waals surface area contributed by atoms with Crippen molar-refractivity contribution in [2.45, 2.75) is 39.4 Å². The van der Waals surface area contributed by atoms with E-state index in [1.165, 1.54) is 0 Å². The molecule has 0 saturated heterocycles. The van der Waals surface area contributed by atoms with E-state index in [0.717, 1.165) is 22.3 Å². The third kappa shape index (κ3) is 3.72. The first-order valence-electron chi connectivity index (χ1n) is 6.61. The first-order valence-corrected chi connectivity index (χ1v) is 6.99. The van der Waals surface area contributed by atoms with Crippen LogP contribution in [0.3, 0.4) is 0 Å². The molecule has 0 fully saturated rings. The summed E-state index contributed by atoms with van der Waals surface area (Å²) in [6.07, 6.45) is 2.99. The van der Waals surface area contributed by atoms with Gasteiger partial charge in [0.2, 0.25) is 0 Å². The fourth-order valence-corrected chi connectivity index (χ4v) is 2.68. The highest BCUT2D eigenvalue weighted by molar-refractivity contribution is 6.33. The standard InChI is InChI=1S/C17H23ClO2/c1-7-12-9-11(3)15(16(18)13(12)8-2)14(10-19)20-17(4,5)6/h7-9,14,19H,1-2,10H2,3-6H3. The van der Waals surface area contributed by atoms with Crippen molar-refractivity contribution in [3.63, 3.8) is 0 Å². The maximum atomic E-state index is 9.65. The Morgan fingerprint density at radius 1 is 1.35 bits per heavy atom. The molecule has 0 aliphatic rings. The number of aliphatic hydroxyl groups excluding tert-OH is 1. The van der Waals surface area contributed by atoms with Gasteiger partial charge < -0.3 is 9.84 Å². The fourth-order valence-electron chi connectivity index (χ4n) is 2.22. The summed E-state index contributed by atoms with van der Waals surface area (Å²) in [5.41, 5.74) is 3.16. The summed E-state index contributed by atoms with van der Waals surface area (Å²) in [5, 5.41) is 10.2. The highest BCUT2D eigenvalue weighted by Crippen LogP contribution is 2.36. The first kappa shape index (κ1) is 17.0. The van der Waals surface area contributed by atoms with Crippen LogP contribution in [0.15, 0.2) is 19.2 Å². The van der Waals surface area contributed by atoms with Gasteiger partial charge in [0.25, 0.3) is 0 Å². The van der Waals surface area contributed by atoms with Crippen LogP contribution in [0.5, 0.6) is 0 Å². The molecule has 2 nitrogen and oxygen atoms in total. The van der Waals surface area contributed by atoms with E-state index in [2.05, 4.69) is 13.2 Å². The Balaban J connectivity index is 3.43. The van der Waals surface area contributed by atoms with E-state index in [1.807, 2.05) is 33.8 Å². The van der Waals surface area contributed by atoms with E-state index in [9.17, 15) is 5.11 Å². The van der Waals surface area contributed by atoms with Crippen molar-refractivity contribution in [3.05, 3.63) is 46.5 Å². The Morgan fingerprint density at radius 2 is 1.95 bits per heavy atom. The molecule has 1 unspecified atom stereocenters. The summed E-state index contributed by atoms with van der Waals surface area (Å²) in [5.74, 6) is 0. The Hall–Kier alpha value is -1.09. The van der Waals surface area contributed by atoms with E-state index in [-0.39, 0.29) is 12.2 Å². The van der Waals surface area contributed by atoms with Crippen molar-refractivity contribution >= 4 is 23.8 Å². The number of hydrogen-bond donors (Lipinski definition) is 1. The highest BCUT2D eigenvalue weighted by Gasteiger charge is 2.25. The van der Waals surface area contributed by atoms with Crippen LogP contribution < -0.4 is 0 Å². The summed E-state index contributed by atoms with van der Waals surface area (Å²) in [4.78, 5) is 0. The van der Waals surface area contributed by atoms with Crippen LogP contribution in [-0.2, 0) is 4.74 Å². The Kier molecular flexibility index (Phi) is 5.58. The molecule has 0 aliphatic heterocycles. The predicted molar refractivity (Wildman–Crippen MR) is 87.0 cm³/mol. The molecule has 20 heavy (non-hydrogen) atoms. The minimum Gasteiger partial charge on any atom is -0.393 e. The molecule has 110 valence electrons. The Morgan fingerprint density at radius 3 is 2.35 bits per heavy atom. The molecule has 0 heterocycles. The summed E-state index contributed by atoms with van der Waals surface area (Å²) >= 11 is 6.49. The second kappa shape index (κ2) is 6.57. The first-order chi connectivity index (χ1) is 9.25. The van der Waals surface area contributed by atoms with E-state index in [0.29, 0.717) is 5.02 Å². The summed E-state index contributed by atoms with van der Waals surface area (Å²) in [7, 11) is 0. The number of aryl methyl sites for hydroxylation is 1. The molecule has 0 saturated carbocycles. The molecule has 0 spiro atoms. The molecule has 1 aromatic carbocycles. The maximum Gasteiger partial charge on any atom is 0.108 e. The van der Waals surface area contributed by atoms with Crippen LogP contribution >= 0.6 is 11.6 Å². The smallest absolute Gasteiger partial charge is 0.108 e. The van der Waals surface area contributed by atoms with Gasteiger partial charge in [0.1, 0.15) is 6.10 Å². The summed E-state index contributed by atoms with van der Waals surface area (Å²) in [6, 6.07) is 1.99. The van der Waals surface area contributed by atoms with Crippen molar-refractivity contribution in [2.24, 2.45) is 0 Å². The fraction of sp³-hybridized carbons (Fsp3) is 0.412. The molecule has 1 atom stereocenters. The second-order valence-electron chi connectivity index (χ2n) is 5.73. The number of aliphatic hydroxyl groups is 1. The lowest BCUT2D eigenvalue weighted by molar-refractivity contribution is -0.0824. The zero-order chi connectivity index (χ0) is 15.5. The van der Waals surface area contributed by atoms with Crippen LogP contribution in [0.25, 0.3) is 12.2 Å². The van der Waals surface area contributed by atoms with E-state index in [1.54, 1.807) is 12.2 Å². The van der Waals surface area contributed by atoms with Crippen LogP contribution in [0.1, 0.15) is 49.1 Å². The van der Waals surface area contributed by atoms with E-state index in [4.69, 9.17) is 16.3 Å². The SMILES string of the molecule is C=Cc1cc(C)c(C(CO)OC(C)(C)C)c(Cl)c1C=C. The minimum atomic E-state index is -0.458. The molecule has 1 rings (SSSR count). The average Bonchev–Trinajstić information content (AvgIpc) is 2.35. The zero-order valence-electron chi connectivity index (χ0n) is 12.7. The molecule has 1 aromatic rings. The maximum absolute atomic E-state index is 9.65. The van der Waals surface area contributed by atoms with Crippen molar-refractivity contribution in [2.75, 3.05) is 6.61 Å². The van der Waals surface area contributed by atoms with Gasteiger partial charge in [-0.05, 0) is 38.8 Å². The molecular formula is C17H23ClO2. The third-order valence-corrected chi connectivity index (χ3v) is 3.40. The normalized spacial score (nSPS) is 13.1. The van der Waals surface area contributed by atoms with Gasteiger partial charge in [-0.2, -0.15) is 0 Å². The van der Waals surface area contributed by atoms with Crippen LogP contribution in [0, 0.1) is 6.92 Å². The van der Waals surface area contributed by atoms with Crippen molar-refractivity contribution in [1.82, 2.24) is 0 Å². The monoisotopic (exact) mass is 294 g/mol. The number of halogens is 1. The van der Waals surface area contributed by atoms with Crippen molar-refractivity contribution < 1.29 is 9.84 Å². The molecule has 1 N–H and O–H groups in total.